The van der Waals surface area contributed by atoms with Crippen LogP contribution in [-0.4, -0.2) is 17.1 Å². The second kappa shape index (κ2) is 6.94. The molecule has 0 amide bonds. The summed E-state index contributed by atoms with van der Waals surface area (Å²) in [5, 5.41) is 0.402. The summed E-state index contributed by atoms with van der Waals surface area (Å²) in [6.07, 6.45) is 1.38. The summed E-state index contributed by atoms with van der Waals surface area (Å²) in [4.78, 5) is 8.19. The summed E-state index contributed by atoms with van der Waals surface area (Å²) in [7, 11) is 1.61. The van der Waals surface area contributed by atoms with Crippen LogP contribution in [0.2, 0.25) is 5.15 Å². The first-order chi connectivity index (χ1) is 9.93. The first-order valence-corrected chi connectivity index (χ1v) is 8.11. The lowest BCUT2D eigenvalue weighted by atomic mass is 10.1. The van der Waals surface area contributed by atoms with Gasteiger partial charge >= 0.3 is 0 Å². The molecule has 0 aliphatic rings. The minimum absolute atomic E-state index is 0.147. The molecule has 0 fully saturated rings. The van der Waals surface area contributed by atoms with Crippen LogP contribution in [0.3, 0.4) is 0 Å². The van der Waals surface area contributed by atoms with Crippen molar-refractivity contribution >= 4 is 43.5 Å². The highest BCUT2D eigenvalue weighted by Crippen LogP contribution is 2.40. The molecule has 7 heteroatoms. The molecule has 0 aliphatic heterocycles. The van der Waals surface area contributed by atoms with Crippen molar-refractivity contribution in [1.29, 1.82) is 0 Å². The minimum atomic E-state index is 0.147. The van der Waals surface area contributed by atoms with E-state index in [-0.39, 0.29) is 5.92 Å². The zero-order valence-electron chi connectivity index (χ0n) is 11.7. The number of methoxy groups -OCH3 is 1. The van der Waals surface area contributed by atoms with Crippen LogP contribution in [-0.2, 0) is 0 Å². The fraction of sp³-hybridized carbons (Fsp3) is 0.286. The van der Waals surface area contributed by atoms with Crippen molar-refractivity contribution in [2.45, 2.75) is 19.8 Å². The van der Waals surface area contributed by atoms with Gasteiger partial charge in [0.2, 0.25) is 5.88 Å². The van der Waals surface area contributed by atoms with E-state index in [1.165, 1.54) is 6.33 Å². The molecule has 0 aliphatic carbocycles. The predicted octanol–water partition coefficient (Wildman–Crippen LogP) is 5.58. The summed E-state index contributed by atoms with van der Waals surface area (Å²) < 4.78 is 12.7. The monoisotopic (exact) mass is 434 g/mol. The Morgan fingerprint density at radius 2 is 1.71 bits per heavy atom. The van der Waals surface area contributed by atoms with Gasteiger partial charge in [-0.15, -0.1) is 0 Å². The molecule has 0 saturated heterocycles. The lowest BCUT2D eigenvalue weighted by molar-refractivity contribution is 0.407. The smallest absolute Gasteiger partial charge is 0.227 e. The Hall–Kier alpha value is -0.850. The molecule has 1 aromatic carbocycles. The molecule has 1 heterocycles. The minimum Gasteiger partial charge on any atom is -0.496 e. The van der Waals surface area contributed by atoms with E-state index < -0.39 is 0 Å². The van der Waals surface area contributed by atoms with Crippen LogP contribution in [0.15, 0.2) is 27.4 Å². The number of aromatic nitrogens is 2. The van der Waals surface area contributed by atoms with Crippen LogP contribution < -0.4 is 9.47 Å². The molecule has 0 N–H and O–H groups in total. The van der Waals surface area contributed by atoms with Gasteiger partial charge in [0.05, 0.1) is 21.6 Å². The van der Waals surface area contributed by atoms with Crippen LogP contribution in [0.5, 0.6) is 17.4 Å². The maximum atomic E-state index is 6.14. The zero-order chi connectivity index (χ0) is 15.6. The van der Waals surface area contributed by atoms with Crippen LogP contribution in [0.1, 0.15) is 25.3 Å². The SMILES string of the molecule is COc1cc(Br)c(Oc2ncnc(Cl)c2C(C)C)cc1Br. The van der Waals surface area contributed by atoms with E-state index in [0.717, 1.165) is 14.5 Å². The topological polar surface area (TPSA) is 44.2 Å². The van der Waals surface area contributed by atoms with Crippen LogP contribution >= 0.6 is 43.5 Å². The number of hydrogen-bond donors (Lipinski definition) is 0. The maximum Gasteiger partial charge on any atom is 0.227 e. The van der Waals surface area contributed by atoms with Crippen LogP contribution in [0, 0.1) is 0 Å². The predicted molar refractivity (Wildman–Crippen MR) is 89.6 cm³/mol. The molecule has 2 rings (SSSR count). The first-order valence-electron chi connectivity index (χ1n) is 6.15. The third-order valence-corrected chi connectivity index (χ3v) is 4.33. The first kappa shape index (κ1) is 16.5. The summed E-state index contributed by atoms with van der Waals surface area (Å²) in [5.41, 5.74) is 0.776. The van der Waals surface area contributed by atoms with Crippen LogP contribution in [0.4, 0.5) is 0 Å². The molecule has 0 spiro atoms. The molecule has 0 radical (unpaired) electrons. The van der Waals surface area contributed by atoms with E-state index in [2.05, 4.69) is 41.8 Å². The summed E-state index contributed by atoms with van der Waals surface area (Å²) in [6.45, 7) is 4.02. The molecule has 2 aromatic rings. The summed E-state index contributed by atoms with van der Waals surface area (Å²) >= 11 is 13.0. The number of rotatable bonds is 4. The van der Waals surface area contributed by atoms with Gasteiger partial charge in [0.25, 0.3) is 0 Å². The van der Waals surface area contributed by atoms with Gasteiger partial charge in [-0.25, -0.2) is 9.97 Å². The Bertz CT molecular complexity index is 666. The molecular formula is C14H13Br2ClN2O2. The Balaban J connectivity index is 2.44. The van der Waals surface area contributed by atoms with Gasteiger partial charge in [-0.1, -0.05) is 25.4 Å². The lowest BCUT2D eigenvalue weighted by Gasteiger charge is -2.15. The van der Waals surface area contributed by atoms with Crippen molar-refractivity contribution in [1.82, 2.24) is 9.97 Å². The fourth-order valence-corrected chi connectivity index (χ4v) is 3.01. The molecule has 0 unspecified atom stereocenters. The van der Waals surface area contributed by atoms with Crippen LogP contribution in [0.25, 0.3) is 0 Å². The average molecular weight is 437 g/mol. The van der Waals surface area contributed by atoms with Gasteiger partial charge < -0.3 is 9.47 Å². The number of nitrogens with zero attached hydrogens (tertiary/aromatic N) is 2. The number of hydrogen-bond acceptors (Lipinski definition) is 4. The van der Waals surface area contributed by atoms with Crippen molar-refractivity contribution in [2.75, 3.05) is 7.11 Å². The molecule has 4 nitrogen and oxygen atoms in total. The van der Waals surface area contributed by atoms with E-state index in [0.29, 0.717) is 22.5 Å². The Morgan fingerprint density at radius 3 is 2.33 bits per heavy atom. The van der Waals surface area contributed by atoms with Crippen molar-refractivity contribution in [3.05, 3.63) is 38.1 Å². The van der Waals surface area contributed by atoms with E-state index in [1.54, 1.807) is 7.11 Å². The zero-order valence-corrected chi connectivity index (χ0v) is 15.6. The molecule has 112 valence electrons. The highest BCUT2D eigenvalue weighted by Gasteiger charge is 2.17. The van der Waals surface area contributed by atoms with E-state index in [9.17, 15) is 0 Å². The van der Waals surface area contributed by atoms with Crippen molar-refractivity contribution in [3.63, 3.8) is 0 Å². The third-order valence-electron chi connectivity index (χ3n) is 2.79. The van der Waals surface area contributed by atoms with E-state index >= 15 is 0 Å². The highest BCUT2D eigenvalue weighted by molar-refractivity contribution is 9.11. The van der Waals surface area contributed by atoms with Crippen molar-refractivity contribution in [2.24, 2.45) is 0 Å². The summed E-state index contributed by atoms with van der Waals surface area (Å²) in [5.74, 6) is 1.91. The molecule has 0 bridgehead atoms. The largest absolute Gasteiger partial charge is 0.496 e. The summed E-state index contributed by atoms with van der Waals surface area (Å²) in [6, 6.07) is 3.63. The van der Waals surface area contributed by atoms with Gasteiger partial charge in [0, 0.05) is 0 Å². The fourth-order valence-electron chi connectivity index (χ4n) is 1.77. The molecule has 0 atom stereocenters. The maximum absolute atomic E-state index is 6.14. The highest BCUT2D eigenvalue weighted by atomic mass is 79.9. The van der Waals surface area contributed by atoms with Gasteiger partial charge in [-0.05, 0) is 49.9 Å². The standard InChI is InChI=1S/C14H13Br2ClN2O2/c1-7(2)12-13(17)18-6-19-14(12)21-11-5-8(15)10(20-3)4-9(11)16/h4-7H,1-3H3. The number of ether oxygens (including phenoxy) is 2. The quantitative estimate of drug-likeness (QED) is 0.587. The molecule has 21 heavy (non-hydrogen) atoms. The number of benzene rings is 1. The second-order valence-corrected chi connectivity index (χ2v) is 6.62. The van der Waals surface area contributed by atoms with Gasteiger partial charge in [-0.3, -0.25) is 0 Å². The normalized spacial score (nSPS) is 10.8. The third kappa shape index (κ3) is 3.67. The van der Waals surface area contributed by atoms with Crippen molar-refractivity contribution < 1.29 is 9.47 Å². The van der Waals surface area contributed by atoms with Gasteiger partial charge in [-0.2, -0.15) is 0 Å². The average Bonchev–Trinajstić information content (AvgIpc) is 2.42. The van der Waals surface area contributed by atoms with E-state index in [4.69, 9.17) is 21.1 Å². The second-order valence-electron chi connectivity index (χ2n) is 4.56. The molecule has 0 saturated carbocycles. The van der Waals surface area contributed by atoms with Gasteiger partial charge in [0.15, 0.2) is 0 Å². The Labute approximate surface area is 145 Å². The number of halogens is 3. The van der Waals surface area contributed by atoms with Crippen molar-refractivity contribution in [3.8, 4) is 17.4 Å². The Kier molecular flexibility index (Phi) is 5.46. The van der Waals surface area contributed by atoms with E-state index in [1.807, 2.05) is 26.0 Å². The lowest BCUT2D eigenvalue weighted by Crippen LogP contribution is -2.00. The molecule has 1 aromatic heterocycles. The van der Waals surface area contributed by atoms with Gasteiger partial charge in [0.1, 0.15) is 23.0 Å². The Morgan fingerprint density at radius 1 is 1.10 bits per heavy atom. The molecular weight excluding hydrogens is 423 g/mol.